The van der Waals surface area contributed by atoms with Crippen LogP contribution in [0.25, 0.3) is 0 Å². The Morgan fingerprint density at radius 2 is 0.600 bits per heavy atom. The molecule has 0 saturated heterocycles. The van der Waals surface area contributed by atoms with Gasteiger partial charge in [-0.1, -0.05) is 0 Å². The van der Waals surface area contributed by atoms with Gasteiger partial charge in [0.25, 0.3) is 0 Å². The zero-order valence-corrected chi connectivity index (χ0v) is 7.16. The average Bonchev–Trinajstić information content (AvgIpc) is 0. The normalized spacial score (nSPS) is 0. The summed E-state index contributed by atoms with van der Waals surface area (Å²) in [5, 5.41) is 0. The third kappa shape index (κ3) is 30.6. The molecule has 0 aliphatic heterocycles. The smallest absolute Gasteiger partial charge is 2.00 e. The van der Waals surface area contributed by atoms with Gasteiger partial charge >= 0.3 is 47.6 Å². The summed E-state index contributed by atoms with van der Waals surface area (Å²) >= 11 is 0. The zero-order valence-electron chi connectivity index (χ0n) is 2.30. The largest absolute Gasteiger partial charge is 4.00 e. The van der Waals surface area contributed by atoms with Gasteiger partial charge in [-0.25, -0.2) is 0 Å². The molecule has 3 nitrogen and oxygen atoms in total. The number of rotatable bonds is 0. The monoisotopic (exact) mass is 211 g/mol. The van der Waals surface area contributed by atoms with Gasteiger partial charge in [0.2, 0.25) is 0 Å². The van der Waals surface area contributed by atoms with Crippen molar-refractivity contribution in [3.8, 4) is 0 Å². The fourth-order valence-electron chi connectivity index (χ4n) is 0. The van der Waals surface area contributed by atoms with Crippen LogP contribution in [-0.2, 0) is 38.1 Å². The first-order valence-corrected chi connectivity index (χ1v) is 0. The molecule has 0 bridgehead atoms. The summed E-state index contributed by atoms with van der Waals surface area (Å²) in [5.41, 5.74) is 0. The second-order valence-corrected chi connectivity index (χ2v) is 0. The molecule has 0 spiro atoms. The van der Waals surface area contributed by atoms with Crippen LogP contribution < -0.4 is 0 Å². The summed E-state index contributed by atoms with van der Waals surface area (Å²) < 4.78 is 0. The van der Waals surface area contributed by atoms with Gasteiger partial charge in [-0.2, -0.15) is 0 Å². The summed E-state index contributed by atoms with van der Waals surface area (Å²) in [6, 6.07) is 0. The molecule has 0 aromatic heterocycles. The van der Waals surface area contributed by atoms with Crippen LogP contribution in [-0.4, -0.2) is 25.8 Å². The molecular formula is InO3Ti+. The van der Waals surface area contributed by atoms with Gasteiger partial charge in [0, 0.05) is 0 Å². The molecule has 5 heteroatoms. The third-order valence-corrected chi connectivity index (χ3v) is 0. The van der Waals surface area contributed by atoms with E-state index in [1.54, 1.807) is 0 Å². The van der Waals surface area contributed by atoms with E-state index in [0.717, 1.165) is 0 Å². The van der Waals surface area contributed by atoms with E-state index in [9.17, 15) is 0 Å². The molecule has 0 radical (unpaired) electrons. The van der Waals surface area contributed by atoms with E-state index in [2.05, 4.69) is 0 Å². The Morgan fingerprint density at radius 3 is 0.600 bits per heavy atom. The molecule has 0 fully saturated rings. The molecule has 0 saturated carbocycles. The number of hydrogen-bond donors (Lipinski definition) is 0. The van der Waals surface area contributed by atoms with Gasteiger partial charge in [-0.3, -0.25) is 0 Å². The molecule has 0 aliphatic carbocycles. The van der Waals surface area contributed by atoms with Gasteiger partial charge in [-0.05, 0) is 0 Å². The molecule has 0 heterocycles. The van der Waals surface area contributed by atoms with E-state index in [-0.39, 0.29) is 64.0 Å². The average molecular weight is 211 g/mol. The Bertz CT molecular complexity index is 6.85. The third-order valence-electron chi connectivity index (χ3n) is 0. The first-order chi connectivity index (χ1) is 0. The van der Waals surface area contributed by atoms with E-state index >= 15 is 0 Å². The molecule has 0 aromatic rings. The van der Waals surface area contributed by atoms with Crippen molar-refractivity contribution in [3.05, 3.63) is 0 Å². The summed E-state index contributed by atoms with van der Waals surface area (Å²) in [6.07, 6.45) is 0. The second-order valence-electron chi connectivity index (χ2n) is 0. The van der Waals surface area contributed by atoms with Gasteiger partial charge in [0.1, 0.15) is 0 Å². The fraction of sp³-hybridized carbons (Fsp3) is 0. The van der Waals surface area contributed by atoms with E-state index in [0.29, 0.717) is 0 Å². The summed E-state index contributed by atoms with van der Waals surface area (Å²) in [5.74, 6) is 0. The Hall–Kier alpha value is 1.46. The van der Waals surface area contributed by atoms with Crippen LogP contribution in [0.1, 0.15) is 0 Å². The topological polar surface area (TPSA) is 85.5 Å². The molecule has 0 N–H and O–H groups in total. The molecule has 0 aromatic carbocycles. The van der Waals surface area contributed by atoms with Crippen LogP contribution in [0.2, 0.25) is 0 Å². The minimum Gasteiger partial charge on any atom is -2.00 e. The minimum absolute atomic E-state index is 0. The molecule has 0 aliphatic rings. The Balaban J connectivity index is 0. The minimum atomic E-state index is 0. The van der Waals surface area contributed by atoms with Gasteiger partial charge < -0.3 is 16.4 Å². The maximum Gasteiger partial charge on any atom is 4.00 e. The van der Waals surface area contributed by atoms with E-state index < -0.39 is 0 Å². The molecule has 0 atom stereocenters. The van der Waals surface area contributed by atoms with E-state index in [4.69, 9.17) is 0 Å². The van der Waals surface area contributed by atoms with Crippen molar-refractivity contribution in [3.63, 3.8) is 0 Å². The van der Waals surface area contributed by atoms with Crippen molar-refractivity contribution >= 4 is 25.8 Å². The predicted molar refractivity (Wildman–Crippen MR) is 7.81 cm³/mol. The molecule has 0 unspecified atom stereocenters. The zero-order chi connectivity index (χ0) is 0. The van der Waals surface area contributed by atoms with Crippen molar-refractivity contribution in [2.45, 2.75) is 0 Å². The van der Waals surface area contributed by atoms with Crippen molar-refractivity contribution in [1.29, 1.82) is 0 Å². The molecular weight excluding hydrogens is 211 g/mol. The van der Waals surface area contributed by atoms with E-state index in [1.807, 2.05) is 0 Å². The van der Waals surface area contributed by atoms with E-state index in [1.165, 1.54) is 0 Å². The molecule has 24 valence electrons. The quantitative estimate of drug-likeness (QED) is 0.472. The van der Waals surface area contributed by atoms with Crippen LogP contribution in [0, 0.1) is 0 Å². The SMILES string of the molecule is [In+3].[O-2].[O-2].[O-2].[Ti+4]. The first-order valence-electron chi connectivity index (χ1n) is 0. The second kappa shape index (κ2) is 50.8. The summed E-state index contributed by atoms with van der Waals surface area (Å²) in [7, 11) is 0. The fourth-order valence-corrected chi connectivity index (χ4v) is 0. The van der Waals surface area contributed by atoms with Crippen LogP contribution in [0.3, 0.4) is 0 Å². The first kappa shape index (κ1) is 90.0. The Kier molecular flexibility index (Phi) is 914. The summed E-state index contributed by atoms with van der Waals surface area (Å²) in [6.45, 7) is 0. The predicted octanol–water partition coefficient (Wildman–Crippen LogP) is -0.740. The van der Waals surface area contributed by atoms with Crippen LogP contribution in [0.15, 0.2) is 0 Å². The maximum atomic E-state index is 0. The van der Waals surface area contributed by atoms with Gasteiger partial charge in [-0.15, -0.1) is 0 Å². The van der Waals surface area contributed by atoms with Crippen LogP contribution in [0.5, 0.6) is 0 Å². The Morgan fingerprint density at radius 1 is 0.600 bits per heavy atom. The van der Waals surface area contributed by atoms with Crippen LogP contribution >= 0.6 is 0 Å². The maximum absolute atomic E-state index is 0. The molecule has 5 heavy (non-hydrogen) atoms. The van der Waals surface area contributed by atoms with Crippen molar-refractivity contribution in [2.24, 2.45) is 0 Å². The summed E-state index contributed by atoms with van der Waals surface area (Å²) in [4.78, 5) is 0. The Labute approximate surface area is 63.7 Å². The number of hydrogen-bond acceptors (Lipinski definition) is 0. The van der Waals surface area contributed by atoms with Crippen molar-refractivity contribution < 1.29 is 38.1 Å². The molecule has 0 rings (SSSR count). The van der Waals surface area contributed by atoms with Crippen LogP contribution in [0.4, 0.5) is 0 Å². The van der Waals surface area contributed by atoms with Gasteiger partial charge in [0.15, 0.2) is 0 Å². The van der Waals surface area contributed by atoms with Gasteiger partial charge in [0.05, 0.1) is 0 Å². The molecule has 0 amide bonds. The standard InChI is InChI=1S/In.3O.Ti/q+3;3*-2;+4. The van der Waals surface area contributed by atoms with Crippen molar-refractivity contribution in [2.75, 3.05) is 0 Å². The van der Waals surface area contributed by atoms with Crippen molar-refractivity contribution in [1.82, 2.24) is 0 Å².